The second-order valence-corrected chi connectivity index (χ2v) is 5.50. The number of amides is 1. The van der Waals surface area contributed by atoms with E-state index in [1.165, 1.54) is 17.7 Å². The lowest BCUT2D eigenvalue weighted by Gasteiger charge is -2.20. The number of hydrogen-bond acceptors (Lipinski definition) is 1. The minimum absolute atomic E-state index is 0.0384. The molecule has 1 aliphatic heterocycles. The topological polar surface area (TPSA) is 33.5 Å². The summed E-state index contributed by atoms with van der Waals surface area (Å²) in [5.41, 5.74) is 0.856. The van der Waals surface area contributed by atoms with Crippen LogP contribution in [-0.4, -0.2) is 25.0 Å². The van der Waals surface area contributed by atoms with E-state index in [0.717, 1.165) is 23.2 Å². The van der Waals surface area contributed by atoms with Crippen molar-refractivity contribution in [1.82, 2.24) is 0 Å². The van der Waals surface area contributed by atoms with Crippen LogP contribution in [-0.2, 0) is 4.79 Å². The largest absolute Gasteiger partial charge is 0.325 e. The number of anilines is 1. The molecule has 1 atom stereocenters. The fourth-order valence-corrected chi connectivity index (χ4v) is 2.66. The van der Waals surface area contributed by atoms with Crippen LogP contribution in [0.25, 0.3) is 0 Å². The Hall–Kier alpha value is -0.870. The Kier molecular flexibility index (Phi) is 4.18. The fraction of sp³-hybridized carbons (Fsp3) is 0.462. The number of rotatable bonds is 3. The molecule has 1 saturated heterocycles. The predicted molar refractivity (Wildman–Crippen MR) is 72.2 cm³/mol. The van der Waals surface area contributed by atoms with Crippen LogP contribution in [0.5, 0.6) is 0 Å². The monoisotopic (exact) mass is 297 g/mol. The first-order valence-corrected chi connectivity index (χ1v) is 6.87. The highest BCUT2D eigenvalue weighted by atomic mass is 79.9. The van der Waals surface area contributed by atoms with Gasteiger partial charge in [-0.2, -0.15) is 0 Å². The minimum Gasteiger partial charge on any atom is -0.325 e. The fourth-order valence-electron chi connectivity index (χ4n) is 2.26. The molecule has 2 rings (SSSR count). The third kappa shape index (κ3) is 3.30. The lowest BCUT2D eigenvalue weighted by molar-refractivity contribution is -0.901. The van der Waals surface area contributed by atoms with E-state index in [4.69, 9.17) is 0 Å². The standard InChI is InChI=1S/C13H17BrN2O/c1-10(16-7-2-3-8-16)13(17)15-12-6-4-5-11(14)9-12/h4-6,9-10H,2-3,7-8H2,1H3,(H,15,17)/p+1/t10-/m0/s1. The van der Waals surface area contributed by atoms with Gasteiger partial charge in [-0.15, -0.1) is 0 Å². The molecule has 4 heteroatoms. The van der Waals surface area contributed by atoms with Gasteiger partial charge in [-0.1, -0.05) is 22.0 Å². The van der Waals surface area contributed by atoms with E-state index in [9.17, 15) is 4.79 Å². The Balaban J connectivity index is 1.96. The van der Waals surface area contributed by atoms with Crippen molar-refractivity contribution in [3.8, 4) is 0 Å². The van der Waals surface area contributed by atoms with Gasteiger partial charge in [0.05, 0.1) is 13.1 Å². The summed E-state index contributed by atoms with van der Waals surface area (Å²) in [4.78, 5) is 13.5. The van der Waals surface area contributed by atoms with E-state index in [2.05, 4.69) is 21.2 Å². The Morgan fingerprint density at radius 3 is 2.76 bits per heavy atom. The first-order valence-electron chi connectivity index (χ1n) is 6.08. The number of carbonyl (C=O) groups excluding carboxylic acids is 1. The summed E-state index contributed by atoms with van der Waals surface area (Å²) < 4.78 is 0.983. The average Bonchev–Trinajstić information content (AvgIpc) is 2.81. The molecule has 0 aliphatic carbocycles. The van der Waals surface area contributed by atoms with Crippen molar-refractivity contribution in [2.75, 3.05) is 18.4 Å². The molecule has 0 unspecified atom stereocenters. The molecule has 1 amide bonds. The summed E-state index contributed by atoms with van der Waals surface area (Å²) in [6.07, 6.45) is 2.48. The maximum absolute atomic E-state index is 12.1. The zero-order valence-corrected chi connectivity index (χ0v) is 11.6. The van der Waals surface area contributed by atoms with Crippen LogP contribution in [0.15, 0.2) is 28.7 Å². The van der Waals surface area contributed by atoms with E-state index < -0.39 is 0 Å². The Morgan fingerprint density at radius 2 is 2.12 bits per heavy atom. The van der Waals surface area contributed by atoms with Crippen LogP contribution in [0.2, 0.25) is 0 Å². The van der Waals surface area contributed by atoms with Crippen LogP contribution >= 0.6 is 15.9 Å². The van der Waals surface area contributed by atoms with Gasteiger partial charge in [0.15, 0.2) is 6.04 Å². The van der Waals surface area contributed by atoms with Gasteiger partial charge in [0.1, 0.15) is 0 Å². The van der Waals surface area contributed by atoms with Gasteiger partial charge in [-0.25, -0.2) is 0 Å². The van der Waals surface area contributed by atoms with Gasteiger partial charge in [0, 0.05) is 23.0 Å². The molecule has 0 radical (unpaired) electrons. The van der Waals surface area contributed by atoms with Gasteiger partial charge in [-0.05, 0) is 25.1 Å². The van der Waals surface area contributed by atoms with E-state index in [1.54, 1.807) is 0 Å². The van der Waals surface area contributed by atoms with Crippen molar-refractivity contribution in [3.05, 3.63) is 28.7 Å². The first kappa shape index (κ1) is 12.6. The Labute approximate surface area is 110 Å². The number of nitrogens with one attached hydrogen (secondary N) is 2. The van der Waals surface area contributed by atoms with Gasteiger partial charge in [0.25, 0.3) is 5.91 Å². The van der Waals surface area contributed by atoms with Gasteiger partial charge in [0.2, 0.25) is 0 Å². The molecule has 17 heavy (non-hydrogen) atoms. The van der Waals surface area contributed by atoms with Gasteiger partial charge >= 0.3 is 0 Å². The molecule has 0 spiro atoms. The summed E-state index contributed by atoms with van der Waals surface area (Å²) in [6.45, 7) is 4.24. The van der Waals surface area contributed by atoms with E-state index in [0.29, 0.717) is 0 Å². The zero-order valence-electron chi connectivity index (χ0n) is 10.0. The average molecular weight is 298 g/mol. The number of carbonyl (C=O) groups is 1. The van der Waals surface area contributed by atoms with Crippen molar-refractivity contribution in [1.29, 1.82) is 0 Å². The van der Waals surface area contributed by atoms with Crippen LogP contribution in [0.3, 0.4) is 0 Å². The lowest BCUT2D eigenvalue weighted by Crippen LogP contribution is -3.14. The molecular weight excluding hydrogens is 280 g/mol. The lowest BCUT2D eigenvalue weighted by atomic mass is 10.2. The summed E-state index contributed by atoms with van der Waals surface area (Å²) >= 11 is 3.40. The highest BCUT2D eigenvalue weighted by molar-refractivity contribution is 9.10. The molecule has 0 bridgehead atoms. The number of hydrogen-bond donors (Lipinski definition) is 2. The molecule has 1 fully saturated rings. The van der Waals surface area contributed by atoms with Crippen LogP contribution in [0.4, 0.5) is 5.69 Å². The maximum atomic E-state index is 12.1. The smallest absolute Gasteiger partial charge is 0.282 e. The van der Waals surface area contributed by atoms with Gasteiger partial charge in [-0.3, -0.25) is 4.79 Å². The van der Waals surface area contributed by atoms with Crippen LogP contribution in [0.1, 0.15) is 19.8 Å². The molecule has 92 valence electrons. The minimum atomic E-state index is 0.0384. The summed E-state index contributed by atoms with van der Waals surface area (Å²) in [6, 6.07) is 7.74. The van der Waals surface area contributed by atoms with Crippen molar-refractivity contribution < 1.29 is 9.69 Å². The number of benzene rings is 1. The van der Waals surface area contributed by atoms with Crippen molar-refractivity contribution in [2.45, 2.75) is 25.8 Å². The molecule has 1 aromatic rings. The summed E-state index contributed by atoms with van der Waals surface area (Å²) in [5.74, 6) is 0.111. The Morgan fingerprint density at radius 1 is 1.41 bits per heavy atom. The highest BCUT2D eigenvalue weighted by Crippen LogP contribution is 2.15. The predicted octanol–water partition coefficient (Wildman–Crippen LogP) is 1.45. The SMILES string of the molecule is C[C@@H](C(=O)Nc1cccc(Br)c1)[NH+]1CCCC1. The molecule has 2 N–H and O–H groups in total. The third-order valence-electron chi connectivity index (χ3n) is 3.34. The summed E-state index contributed by atoms with van der Waals surface area (Å²) in [5, 5.41) is 2.97. The second-order valence-electron chi connectivity index (χ2n) is 4.59. The van der Waals surface area contributed by atoms with E-state index >= 15 is 0 Å². The molecule has 1 aliphatic rings. The van der Waals surface area contributed by atoms with Gasteiger partial charge < -0.3 is 10.2 Å². The Bertz CT molecular complexity index is 402. The number of halogens is 1. The molecule has 0 saturated carbocycles. The molecular formula is C13H18BrN2O+. The molecule has 0 aromatic heterocycles. The second kappa shape index (κ2) is 5.65. The molecule has 1 heterocycles. The first-order chi connectivity index (χ1) is 8.16. The van der Waals surface area contributed by atoms with Crippen LogP contribution in [0, 0.1) is 0 Å². The normalized spacial score (nSPS) is 18.0. The molecule has 1 aromatic carbocycles. The van der Waals surface area contributed by atoms with E-state index in [-0.39, 0.29) is 11.9 Å². The number of likely N-dealkylation sites (tertiary alicyclic amines) is 1. The van der Waals surface area contributed by atoms with Crippen LogP contribution < -0.4 is 10.2 Å². The summed E-state index contributed by atoms with van der Waals surface area (Å²) in [7, 11) is 0. The van der Waals surface area contributed by atoms with Crippen molar-refractivity contribution >= 4 is 27.5 Å². The molecule has 3 nitrogen and oxygen atoms in total. The third-order valence-corrected chi connectivity index (χ3v) is 3.84. The maximum Gasteiger partial charge on any atom is 0.282 e. The zero-order chi connectivity index (χ0) is 12.3. The highest BCUT2D eigenvalue weighted by Gasteiger charge is 2.27. The quantitative estimate of drug-likeness (QED) is 0.870. The number of quaternary nitrogens is 1. The van der Waals surface area contributed by atoms with Crippen molar-refractivity contribution in [3.63, 3.8) is 0 Å². The van der Waals surface area contributed by atoms with E-state index in [1.807, 2.05) is 31.2 Å². The van der Waals surface area contributed by atoms with Crippen molar-refractivity contribution in [2.24, 2.45) is 0 Å².